The normalized spacial score (nSPS) is 48.1. The Labute approximate surface area is 83.7 Å². The van der Waals surface area contributed by atoms with Crippen molar-refractivity contribution in [1.82, 2.24) is 4.13 Å². The van der Waals surface area contributed by atoms with Gasteiger partial charge in [-0.15, -0.1) is 0 Å². The first kappa shape index (κ1) is 12.2. The lowest BCUT2D eigenvalue weighted by Gasteiger charge is -2.41. The Balaban J connectivity index is 3.19. The number of nitrogens with one attached hydrogen (secondary N) is 1. The number of rotatable bonds is 0. The third-order valence-corrected chi connectivity index (χ3v) is 4.46. The molecule has 9 heteroatoms. The average molecular weight is 253 g/mol. The summed E-state index contributed by atoms with van der Waals surface area (Å²) in [5.74, 6) is -4.90. The van der Waals surface area contributed by atoms with Crippen LogP contribution in [0.25, 0.3) is 0 Å². The first-order valence-electron chi connectivity index (χ1n) is 3.33. The summed E-state index contributed by atoms with van der Waals surface area (Å²) in [6.45, 7) is 1.22. The van der Waals surface area contributed by atoms with E-state index in [9.17, 15) is 17.6 Å². The van der Waals surface area contributed by atoms with E-state index >= 15 is 0 Å². The summed E-state index contributed by atoms with van der Waals surface area (Å²) in [4.78, 5) is 0. The fourth-order valence-corrected chi connectivity index (χ4v) is 3.43. The standard InChI is InChI=1S/C5H7F4NO2S2/c1-2-14-5(9,12)3(6,7)4(8,11)13-10-14/h2,10-12H,1H3. The third-order valence-electron chi connectivity index (χ3n) is 1.57. The molecule has 0 aromatic carbocycles. The van der Waals surface area contributed by atoms with Crippen LogP contribution in [-0.2, 0) is 0 Å². The molecular weight excluding hydrogens is 246 g/mol. The van der Waals surface area contributed by atoms with Crippen molar-refractivity contribution in [3.8, 4) is 0 Å². The second-order valence-electron chi connectivity index (χ2n) is 2.46. The highest BCUT2D eigenvalue weighted by Crippen LogP contribution is 2.56. The molecule has 0 radical (unpaired) electrons. The minimum absolute atomic E-state index is 0.368. The summed E-state index contributed by atoms with van der Waals surface area (Å²) in [7, 11) is -2.05. The number of alkyl halides is 4. The quantitative estimate of drug-likeness (QED) is 0.344. The van der Waals surface area contributed by atoms with E-state index in [-0.39, 0.29) is 11.9 Å². The molecule has 1 fully saturated rings. The third kappa shape index (κ3) is 1.47. The highest BCUT2D eigenvalue weighted by molar-refractivity contribution is 8.23. The van der Waals surface area contributed by atoms with Gasteiger partial charge in [0, 0.05) is 11.9 Å². The smallest absolute Gasteiger partial charge is 0.348 e. The molecule has 1 saturated heterocycles. The minimum Gasteiger partial charge on any atom is -0.348 e. The maximum absolute atomic E-state index is 13.1. The topological polar surface area (TPSA) is 52.5 Å². The van der Waals surface area contributed by atoms with E-state index in [2.05, 4.69) is 0 Å². The maximum atomic E-state index is 13.1. The van der Waals surface area contributed by atoms with Crippen LogP contribution in [-0.4, -0.2) is 31.9 Å². The van der Waals surface area contributed by atoms with Gasteiger partial charge in [-0.1, -0.05) is 0 Å². The lowest BCUT2D eigenvalue weighted by molar-refractivity contribution is -0.287. The van der Waals surface area contributed by atoms with Crippen molar-refractivity contribution in [3.63, 3.8) is 0 Å². The molecule has 84 valence electrons. The summed E-state index contributed by atoms with van der Waals surface area (Å²) in [6.07, 6.45) is 0. The molecule has 0 bridgehead atoms. The van der Waals surface area contributed by atoms with E-state index in [0.29, 0.717) is 0 Å². The van der Waals surface area contributed by atoms with E-state index in [0.717, 1.165) is 5.37 Å². The zero-order valence-electron chi connectivity index (χ0n) is 6.80. The lowest BCUT2D eigenvalue weighted by atomic mass is 10.3. The molecule has 1 aliphatic rings. The van der Waals surface area contributed by atoms with Crippen LogP contribution < -0.4 is 4.13 Å². The van der Waals surface area contributed by atoms with E-state index in [4.69, 9.17) is 10.2 Å². The Morgan fingerprint density at radius 3 is 2.21 bits per heavy atom. The Morgan fingerprint density at radius 2 is 1.79 bits per heavy atom. The van der Waals surface area contributed by atoms with Crippen molar-refractivity contribution in [2.45, 2.75) is 23.2 Å². The highest BCUT2D eigenvalue weighted by atomic mass is 32.2. The van der Waals surface area contributed by atoms with Crippen LogP contribution in [0.5, 0.6) is 0 Å². The summed E-state index contributed by atoms with van der Waals surface area (Å²) in [5, 5.41) is 9.92. The molecule has 0 amide bonds. The van der Waals surface area contributed by atoms with E-state index < -0.39 is 27.0 Å². The molecule has 3 nitrogen and oxygen atoms in total. The second kappa shape index (κ2) is 3.34. The monoisotopic (exact) mass is 253 g/mol. The first-order valence-corrected chi connectivity index (χ1v) is 5.44. The Bertz CT molecular complexity index is 281. The molecule has 0 aromatic rings. The molecule has 3 unspecified atom stereocenters. The molecule has 0 aromatic heterocycles. The summed E-state index contributed by atoms with van der Waals surface area (Å²) < 4.78 is 53.5. The van der Waals surface area contributed by atoms with Crippen LogP contribution in [0.2, 0.25) is 0 Å². The van der Waals surface area contributed by atoms with Crippen LogP contribution in [0.15, 0.2) is 0 Å². The van der Waals surface area contributed by atoms with Crippen molar-refractivity contribution < 1.29 is 27.8 Å². The molecule has 0 saturated carbocycles. The Hall–Kier alpha value is 0.170. The SMILES string of the molecule is C/C=S1\NSC(O)(F)C(F)(F)C1(O)F. The molecule has 14 heavy (non-hydrogen) atoms. The number of hydrogen-bond acceptors (Lipinski definition) is 4. The Kier molecular flexibility index (Phi) is 2.92. The van der Waals surface area contributed by atoms with Crippen molar-refractivity contribution in [3.05, 3.63) is 0 Å². The van der Waals surface area contributed by atoms with Gasteiger partial charge >= 0.3 is 16.3 Å². The second-order valence-corrected chi connectivity index (χ2v) is 5.56. The van der Waals surface area contributed by atoms with Gasteiger partial charge in [0.1, 0.15) is 0 Å². The largest absolute Gasteiger partial charge is 0.384 e. The molecule has 3 atom stereocenters. The van der Waals surface area contributed by atoms with Crippen LogP contribution in [0.1, 0.15) is 6.92 Å². The fraction of sp³-hybridized carbons (Fsp3) is 0.800. The minimum atomic E-state index is -4.90. The van der Waals surface area contributed by atoms with Crippen LogP contribution >= 0.6 is 22.6 Å². The maximum Gasteiger partial charge on any atom is 0.384 e. The predicted octanol–water partition coefficient (Wildman–Crippen LogP) is 1.11. The van der Waals surface area contributed by atoms with E-state index in [1.54, 1.807) is 0 Å². The molecule has 0 aliphatic carbocycles. The van der Waals surface area contributed by atoms with Gasteiger partial charge in [0.15, 0.2) is 0 Å². The zero-order chi connectivity index (χ0) is 11.2. The highest BCUT2D eigenvalue weighted by Gasteiger charge is 2.73. The fourth-order valence-electron chi connectivity index (χ4n) is 0.752. The van der Waals surface area contributed by atoms with Gasteiger partial charge in [0.25, 0.3) is 0 Å². The number of aliphatic hydroxyl groups is 2. The summed E-state index contributed by atoms with van der Waals surface area (Å²) >= 11 is -0.368. The molecule has 1 heterocycles. The van der Waals surface area contributed by atoms with Crippen molar-refractivity contribution in [2.24, 2.45) is 0 Å². The van der Waals surface area contributed by atoms with E-state index in [1.807, 2.05) is 4.13 Å². The first-order chi connectivity index (χ1) is 6.17. The average Bonchev–Trinajstić information content (AvgIpc) is 2.02. The Morgan fingerprint density at radius 1 is 1.29 bits per heavy atom. The molecule has 1 aliphatic heterocycles. The van der Waals surface area contributed by atoms with Crippen LogP contribution in [0.3, 0.4) is 0 Å². The van der Waals surface area contributed by atoms with Crippen molar-refractivity contribution >= 4 is 28.0 Å². The van der Waals surface area contributed by atoms with Crippen molar-refractivity contribution in [2.75, 3.05) is 0 Å². The molecule has 1 rings (SSSR count). The van der Waals surface area contributed by atoms with Gasteiger partial charge in [-0.2, -0.15) is 17.6 Å². The van der Waals surface area contributed by atoms with Gasteiger partial charge in [-0.3, -0.25) is 0 Å². The van der Waals surface area contributed by atoms with Gasteiger partial charge in [0.2, 0.25) is 0 Å². The van der Waals surface area contributed by atoms with Crippen molar-refractivity contribution in [1.29, 1.82) is 0 Å². The van der Waals surface area contributed by atoms with Crippen LogP contribution in [0.4, 0.5) is 17.6 Å². The predicted molar refractivity (Wildman–Crippen MR) is 47.1 cm³/mol. The number of halogens is 4. The van der Waals surface area contributed by atoms with Gasteiger partial charge in [0.05, 0.1) is 0 Å². The van der Waals surface area contributed by atoms with Gasteiger partial charge < -0.3 is 10.2 Å². The lowest BCUT2D eigenvalue weighted by Crippen LogP contribution is -2.60. The van der Waals surface area contributed by atoms with E-state index in [1.165, 1.54) is 6.92 Å². The molecule has 0 spiro atoms. The molecular formula is C5H7F4NO2S2. The van der Waals surface area contributed by atoms with Gasteiger partial charge in [-0.05, 0) is 23.0 Å². The summed E-state index contributed by atoms with van der Waals surface area (Å²) in [5.41, 5.74) is 0. The zero-order valence-corrected chi connectivity index (χ0v) is 8.43. The molecule has 3 N–H and O–H groups in total. The summed E-state index contributed by atoms with van der Waals surface area (Å²) in [6, 6.07) is 0. The number of hydrogen-bond donors (Lipinski definition) is 3. The van der Waals surface area contributed by atoms with Gasteiger partial charge in [-0.25, -0.2) is 4.13 Å². The van der Waals surface area contributed by atoms with Crippen LogP contribution in [0, 0.1) is 0 Å².